The van der Waals surface area contributed by atoms with E-state index >= 15 is 0 Å². The average molecular weight is 290 g/mol. The maximum atomic E-state index is 13.0. The Morgan fingerprint density at radius 3 is 2.95 bits per heavy atom. The lowest BCUT2D eigenvalue weighted by molar-refractivity contribution is -0.133. The van der Waals surface area contributed by atoms with Gasteiger partial charge in [-0.05, 0) is 31.0 Å². The molecular formula is C15H15FN2O3. The van der Waals surface area contributed by atoms with Crippen LogP contribution in [0.4, 0.5) is 4.39 Å². The standard InChI is InChI=1S/C15H15FN2O3/c16-12-5-4-10(7-13(12)19)14-8-11(17-21-14)9-18-6-2-1-3-15(18)20/h4-5,7-8,19H,1-3,6,9H2. The number of phenols is 1. The van der Waals surface area contributed by atoms with E-state index in [9.17, 15) is 14.3 Å². The van der Waals surface area contributed by atoms with Gasteiger partial charge < -0.3 is 14.5 Å². The van der Waals surface area contributed by atoms with E-state index in [2.05, 4.69) is 5.16 Å². The molecular weight excluding hydrogens is 275 g/mol. The molecule has 1 N–H and O–H groups in total. The number of carbonyl (C=O) groups is 1. The maximum absolute atomic E-state index is 13.0. The molecule has 0 atom stereocenters. The fraction of sp³-hybridized carbons (Fsp3) is 0.333. The quantitative estimate of drug-likeness (QED) is 0.943. The van der Waals surface area contributed by atoms with Crippen LogP contribution in [0.15, 0.2) is 28.8 Å². The third kappa shape index (κ3) is 2.89. The van der Waals surface area contributed by atoms with E-state index in [0.29, 0.717) is 30.0 Å². The van der Waals surface area contributed by atoms with Crippen molar-refractivity contribution in [1.82, 2.24) is 10.1 Å². The Labute approximate surface area is 121 Å². The summed E-state index contributed by atoms with van der Waals surface area (Å²) in [5, 5.41) is 13.3. The van der Waals surface area contributed by atoms with E-state index < -0.39 is 11.6 Å². The van der Waals surface area contributed by atoms with Crippen LogP contribution in [0.2, 0.25) is 0 Å². The lowest BCUT2D eigenvalue weighted by Gasteiger charge is -2.25. The van der Waals surface area contributed by atoms with E-state index in [0.717, 1.165) is 19.4 Å². The van der Waals surface area contributed by atoms with Crippen LogP contribution in [0.25, 0.3) is 11.3 Å². The Kier molecular flexibility index (Phi) is 3.60. The molecule has 1 aliphatic heterocycles. The molecule has 21 heavy (non-hydrogen) atoms. The first-order valence-corrected chi connectivity index (χ1v) is 6.86. The number of nitrogens with zero attached hydrogens (tertiary/aromatic N) is 2. The Morgan fingerprint density at radius 2 is 2.19 bits per heavy atom. The predicted molar refractivity (Wildman–Crippen MR) is 72.8 cm³/mol. The smallest absolute Gasteiger partial charge is 0.222 e. The van der Waals surface area contributed by atoms with E-state index in [-0.39, 0.29) is 5.91 Å². The van der Waals surface area contributed by atoms with Gasteiger partial charge in [0.05, 0.1) is 6.54 Å². The number of aromatic nitrogens is 1. The van der Waals surface area contributed by atoms with Crippen molar-refractivity contribution in [2.45, 2.75) is 25.8 Å². The molecule has 0 saturated carbocycles. The van der Waals surface area contributed by atoms with Gasteiger partial charge in [0, 0.05) is 24.6 Å². The molecule has 0 unspecified atom stereocenters. The minimum Gasteiger partial charge on any atom is -0.505 e. The van der Waals surface area contributed by atoms with Gasteiger partial charge in [-0.1, -0.05) is 5.16 Å². The molecule has 2 heterocycles. The van der Waals surface area contributed by atoms with Crippen molar-refractivity contribution in [1.29, 1.82) is 0 Å². The van der Waals surface area contributed by atoms with Gasteiger partial charge in [0.1, 0.15) is 5.69 Å². The van der Waals surface area contributed by atoms with Gasteiger partial charge in [0.15, 0.2) is 17.3 Å². The zero-order valence-corrected chi connectivity index (χ0v) is 11.4. The van der Waals surface area contributed by atoms with Gasteiger partial charge in [-0.3, -0.25) is 4.79 Å². The largest absolute Gasteiger partial charge is 0.505 e. The van der Waals surface area contributed by atoms with Gasteiger partial charge in [0.25, 0.3) is 0 Å². The van der Waals surface area contributed by atoms with Gasteiger partial charge >= 0.3 is 0 Å². The minimum absolute atomic E-state index is 0.130. The van der Waals surface area contributed by atoms with Crippen LogP contribution in [0, 0.1) is 5.82 Å². The summed E-state index contributed by atoms with van der Waals surface area (Å²) in [6.45, 7) is 1.15. The lowest BCUT2D eigenvalue weighted by atomic mass is 10.1. The third-order valence-corrected chi connectivity index (χ3v) is 3.56. The fourth-order valence-corrected chi connectivity index (χ4v) is 2.41. The second-order valence-electron chi connectivity index (χ2n) is 5.12. The molecule has 3 rings (SSSR count). The molecule has 0 radical (unpaired) electrons. The van der Waals surface area contributed by atoms with Gasteiger partial charge in [-0.25, -0.2) is 4.39 Å². The Hall–Kier alpha value is -2.37. The van der Waals surface area contributed by atoms with Crippen LogP contribution in [0.5, 0.6) is 5.75 Å². The number of hydrogen-bond acceptors (Lipinski definition) is 4. The third-order valence-electron chi connectivity index (χ3n) is 3.56. The molecule has 1 aromatic heterocycles. The number of hydrogen-bond donors (Lipinski definition) is 1. The monoisotopic (exact) mass is 290 g/mol. The zero-order valence-electron chi connectivity index (χ0n) is 11.4. The topological polar surface area (TPSA) is 66.6 Å². The highest BCUT2D eigenvalue weighted by Crippen LogP contribution is 2.26. The van der Waals surface area contributed by atoms with E-state index in [4.69, 9.17) is 4.52 Å². The molecule has 110 valence electrons. The van der Waals surface area contributed by atoms with Gasteiger partial charge in [-0.2, -0.15) is 0 Å². The summed E-state index contributed by atoms with van der Waals surface area (Å²) in [5.74, 6) is -0.552. The highest BCUT2D eigenvalue weighted by molar-refractivity contribution is 5.76. The molecule has 0 spiro atoms. The first-order chi connectivity index (χ1) is 10.1. The van der Waals surface area contributed by atoms with Crippen LogP contribution < -0.4 is 0 Å². The number of carbonyl (C=O) groups excluding carboxylic acids is 1. The Bertz CT molecular complexity index is 669. The number of likely N-dealkylation sites (tertiary alicyclic amines) is 1. The number of piperidine rings is 1. The number of benzene rings is 1. The number of amides is 1. The molecule has 0 bridgehead atoms. The van der Waals surface area contributed by atoms with Gasteiger partial charge in [-0.15, -0.1) is 0 Å². The SMILES string of the molecule is O=C1CCCCN1Cc1cc(-c2ccc(F)c(O)c2)on1. The lowest BCUT2D eigenvalue weighted by Crippen LogP contribution is -2.34. The summed E-state index contributed by atoms with van der Waals surface area (Å²) < 4.78 is 18.2. The van der Waals surface area contributed by atoms with Crippen LogP contribution in [-0.4, -0.2) is 27.6 Å². The van der Waals surface area contributed by atoms with Crippen molar-refractivity contribution in [3.8, 4) is 17.1 Å². The summed E-state index contributed by atoms with van der Waals surface area (Å²) in [5.41, 5.74) is 1.18. The molecule has 1 fully saturated rings. The number of rotatable bonds is 3. The number of aromatic hydroxyl groups is 1. The minimum atomic E-state index is -0.683. The molecule has 0 aliphatic carbocycles. The van der Waals surface area contributed by atoms with E-state index in [1.165, 1.54) is 18.2 Å². The highest BCUT2D eigenvalue weighted by Gasteiger charge is 2.20. The van der Waals surface area contributed by atoms with Crippen molar-refractivity contribution in [3.05, 3.63) is 35.8 Å². The summed E-state index contributed by atoms with van der Waals surface area (Å²) in [6.07, 6.45) is 2.52. The second-order valence-corrected chi connectivity index (χ2v) is 5.12. The number of halogens is 1. The van der Waals surface area contributed by atoms with Gasteiger partial charge in [0.2, 0.25) is 5.91 Å². The summed E-state index contributed by atoms with van der Waals surface area (Å²) in [4.78, 5) is 13.5. The predicted octanol–water partition coefficient (Wildman–Crippen LogP) is 2.70. The average Bonchev–Trinajstić information content (AvgIpc) is 2.93. The maximum Gasteiger partial charge on any atom is 0.222 e. The molecule has 2 aromatic rings. The molecule has 1 saturated heterocycles. The highest BCUT2D eigenvalue weighted by atomic mass is 19.1. The Morgan fingerprint density at radius 1 is 1.33 bits per heavy atom. The number of phenolic OH excluding ortho intramolecular Hbond substituents is 1. The van der Waals surface area contributed by atoms with Crippen LogP contribution in [0.1, 0.15) is 25.0 Å². The van der Waals surface area contributed by atoms with Crippen molar-refractivity contribution < 1.29 is 18.8 Å². The molecule has 6 heteroatoms. The molecule has 1 aromatic carbocycles. The normalized spacial score (nSPS) is 15.5. The van der Waals surface area contributed by atoms with Crippen LogP contribution >= 0.6 is 0 Å². The fourth-order valence-electron chi connectivity index (χ4n) is 2.41. The molecule has 5 nitrogen and oxygen atoms in total. The van der Waals surface area contributed by atoms with E-state index in [1.54, 1.807) is 11.0 Å². The second kappa shape index (κ2) is 5.55. The molecule has 1 amide bonds. The first kappa shape index (κ1) is 13.6. The van der Waals surface area contributed by atoms with E-state index in [1.807, 2.05) is 0 Å². The van der Waals surface area contributed by atoms with Crippen LogP contribution in [-0.2, 0) is 11.3 Å². The van der Waals surface area contributed by atoms with Crippen molar-refractivity contribution in [2.75, 3.05) is 6.54 Å². The van der Waals surface area contributed by atoms with Crippen molar-refractivity contribution in [2.24, 2.45) is 0 Å². The van der Waals surface area contributed by atoms with Crippen LogP contribution in [0.3, 0.4) is 0 Å². The van der Waals surface area contributed by atoms with Crippen molar-refractivity contribution in [3.63, 3.8) is 0 Å². The molecule has 1 aliphatic rings. The summed E-state index contributed by atoms with van der Waals surface area (Å²) in [6, 6.07) is 5.66. The zero-order chi connectivity index (χ0) is 14.8. The summed E-state index contributed by atoms with van der Waals surface area (Å²) in [7, 11) is 0. The first-order valence-electron chi connectivity index (χ1n) is 6.86. The summed E-state index contributed by atoms with van der Waals surface area (Å²) >= 11 is 0. The van der Waals surface area contributed by atoms with Crippen molar-refractivity contribution >= 4 is 5.91 Å². The Balaban J connectivity index is 1.76.